The summed E-state index contributed by atoms with van der Waals surface area (Å²) in [6.07, 6.45) is 1.80. The Morgan fingerprint density at radius 1 is 1.00 bits per heavy atom. The number of thioether (sulfide) groups is 1. The van der Waals surface area contributed by atoms with Crippen molar-refractivity contribution in [2.75, 3.05) is 26.4 Å². The first-order valence-corrected chi connectivity index (χ1v) is 10.1. The lowest BCUT2D eigenvalue weighted by Crippen LogP contribution is -2.17. The average Bonchev–Trinajstić information content (AvgIpc) is 2.98. The van der Waals surface area contributed by atoms with Crippen LogP contribution in [0.25, 0.3) is 6.08 Å². The van der Waals surface area contributed by atoms with E-state index < -0.39 is 0 Å². The van der Waals surface area contributed by atoms with Gasteiger partial charge in [-0.2, -0.15) is 0 Å². The number of carbonyl (C=O) groups excluding carboxylic acids is 1. The van der Waals surface area contributed by atoms with Crippen LogP contribution in [0.15, 0.2) is 53.4 Å². The molecule has 1 N–H and O–H groups in total. The predicted octanol–water partition coefficient (Wildman–Crippen LogP) is 3.96. The highest BCUT2D eigenvalue weighted by atomic mass is 32.2. The SMILES string of the molecule is Cc1cccc(OCCOCCOc2cccc(C=C3SC(=S)NC3=O)c2)c1. The van der Waals surface area contributed by atoms with E-state index in [1.807, 2.05) is 55.5 Å². The summed E-state index contributed by atoms with van der Waals surface area (Å²) >= 11 is 6.25. The molecule has 1 heterocycles. The molecular formula is C21H21NO4S2. The van der Waals surface area contributed by atoms with Gasteiger partial charge in [0.1, 0.15) is 29.0 Å². The summed E-state index contributed by atoms with van der Waals surface area (Å²) in [5, 5.41) is 2.60. The van der Waals surface area contributed by atoms with E-state index in [0.717, 1.165) is 17.1 Å². The number of hydrogen-bond acceptors (Lipinski definition) is 6. The van der Waals surface area contributed by atoms with E-state index in [1.165, 1.54) is 17.3 Å². The van der Waals surface area contributed by atoms with E-state index in [9.17, 15) is 4.79 Å². The van der Waals surface area contributed by atoms with E-state index in [4.69, 9.17) is 26.4 Å². The van der Waals surface area contributed by atoms with Crippen LogP contribution in [0.5, 0.6) is 11.5 Å². The second-order valence-corrected chi connectivity index (χ2v) is 7.77. The molecule has 5 nitrogen and oxygen atoms in total. The van der Waals surface area contributed by atoms with Gasteiger partial charge in [0.25, 0.3) is 5.91 Å². The summed E-state index contributed by atoms with van der Waals surface area (Å²) < 4.78 is 17.4. The molecule has 0 aromatic heterocycles. The third-order valence-corrected chi connectivity index (χ3v) is 4.94. The zero-order chi connectivity index (χ0) is 19.8. The molecule has 0 aliphatic carbocycles. The van der Waals surface area contributed by atoms with Crippen molar-refractivity contribution in [3.8, 4) is 11.5 Å². The van der Waals surface area contributed by atoms with Gasteiger partial charge in [0.2, 0.25) is 0 Å². The maximum absolute atomic E-state index is 11.7. The van der Waals surface area contributed by atoms with Crippen molar-refractivity contribution in [3.05, 3.63) is 64.6 Å². The Morgan fingerprint density at radius 3 is 2.32 bits per heavy atom. The fourth-order valence-corrected chi connectivity index (χ4v) is 3.55. The molecule has 1 amide bonds. The molecule has 28 heavy (non-hydrogen) atoms. The molecule has 0 bridgehead atoms. The van der Waals surface area contributed by atoms with Crippen molar-refractivity contribution in [1.82, 2.24) is 5.32 Å². The molecule has 146 valence electrons. The van der Waals surface area contributed by atoms with Gasteiger partial charge in [-0.05, 0) is 48.4 Å². The maximum Gasteiger partial charge on any atom is 0.263 e. The lowest BCUT2D eigenvalue weighted by atomic mass is 10.2. The van der Waals surface area contributed by atoms with Gasteiger partial charge < -0.3 is 19.5 Å². The number of hydrogen-bond donors (Lipinski definition) is 1. The third kappa shape index (κ3) is 6.37. The highest BCUT2D eigenvalue weighted by molar-refractivity contribution is 8.26. The minimum atomic E-state index is -0.164. The van der Waals surface area contributed by atoms with Crippen molar-refractivity contribution in [2.45, 2.75) is 6.92 Å². The number of thiocarbonyl (C=S) groups is 1. The Hall–Kier alpha value is -2.35. The third-order valence-electron chi connectivity index (χ3n) is 3.78. The van der Waals surface area contributed by atoms with Crippen LogP contribution in [0.4, 0.5) is 0 Å². The topological polar surface area (TPSA) is 56.8 Å². The number of benzene rings is 2. The Labute approximate surface area is 174 Å². The predicted molar refractivity (Wildman–Crippen MR) is 116 cm³/mol. The van der Waals surface area contributed by atoms with Gasteiger partial charge >= 0.3 is 0 Å². The summed E-state index contributed by atoms with van der Waals surface area (Å²) in [5.41, 5.74) is 2.05. The van der Waals surface area contributed by atoms with Crippen LogP contribution < -0.4 is 14.8 Å². The number of amides is 1. The van der Waals surface area contributed by atoms with Crippen molar-refractivity contribution < 1.29 is 19.0 Å². The average molecular weight is 416 g/mol. The number of ether oxygens (including phenoxy) is 3. The largest absolute Gasteiger partial charge is 0.491 e. The molecular weight excluding hydrogens is 394 g/mol. The van der Waals surface area contributed by atoms with Gasteiger partial charge in [-0.1, -0.05) is 48.2 Å². The van der Waals surface area contributed by atoms with Gasteiger partial charge in [0.15, 0.2) is 0 Å². The minimum Gasteiger partial charge on any atom is -0.491 e. The smallest absolute Gasteiger partial charge is 0.263 e. The molecule has 0 unspecified atom stereocenters. The fourth-order valence-electron chi connectivity index (χ4n) is 2.51. The minimum absolute atomic E-state index is 0.164. The quantitative estimate of drug-likeness (QED) is 0.380. The van der Waals surface area contributed by atoms with Crippen molar-refractivity contribution in [3.63, 3.8) is 0 Å². The molecule has 1 fully saturated rings. The first-order chi connectivity index (χ1) is 13.6. The van der Waals surface area contributed by atoms with E-state index in [2.05, 4.69) is 5.32 Å². The van der Waals surface area contributed by atoms with Gasteiger partial charge in [-0.15, -0.1) is 0 Å². The molecule has 2 aromatic rings. The fraction of sp³-hybridized carbons (Fsp3) is 0.238. The van der Waals surface area contributed by atoms with Crippen molar-refractivity contribution in [1.29, 1.82) is 0 Å². The molecule has 1 aliphatic rings. The van der Waals surface area contributed by atoms with Crippen LogP contribution >= 0.6 is 24.0 Å². The van der Waals surface area contributed by atoms with E-state index >= 15 is 0 Å². The summed E-state index contributed by atoms with van der Waals surface area (Å²) in [7, 11) is 0. The Morgan fingerprint density at radius 2 is 1.68 bits per heavy atom. The summed E-state index contributed by atoms with van der Waals surface area (Å²) in [4.78, 5) is 12.3. The molecule has 1 saturated heterocycles. The van der Waals surface area contributed by atoms with E-state index in [1.54, 1.807) is 6.08 Å². The molecule has 2 aromatic carbocycles. The maximum atomic E-state index is 11.7. The standard InChI is InChI=1S/C21H21NO4S2/c1-15-4-2-6-17(12-15)25-10-8-24-9-11-26-18-7-3-5-16(13-18)14-19-20(23)22-21(27)28-19/h2-7,12-14H,8-11H2,1H3,(H,22,23,27). The Kier molecular flexibility index (Phi) is 7.47. The first kappa shape index (κ1) is 20.4. The Bertz CT molecular complexity index is 882. The zero-order valence-corrected chi connectivity index (χ0v) is 17.1. The van der Waals surface area contributed by atoms with Gasteiger partial charge in [0.05, 0.1) is 18.1 Å². The van der Waals surface area contributed by atoms with Gasteiger partial charge in [-0.25, -0.2) is 0 Å². The molecule has 0 saturated carbocycles. The van der Waals surface area contributed by atoms with Crippen LogP contribution in [0.1, 0.15) is 11.1 Å². The summed E-state index contributed by atoms with van der Waals surface area (Å²) in [6.45, 7) is 3.92. The van der Waals surface area contributed by atoms with Crippen LogP contribution in [0.3, 0.4) is 0 Å². The summed E-state index contributed by atoms with van der Waals surface area (Å²) in [6, 6.07) is 15.5. The molecule has 3 rings (SSSR count). The van der Waals surface area contributed by atoms with Crippen LogP contribution in [-0.4, -0.2) is 36.7 Å². The van der Waals surface area contributed by atoms with Crippen molar-refractivity contribution >= 4 is 40.3 Å². The van der Waals surface area contributed by atoms with Gasteiger partial charge in [-0.3, -0.25) is 4.79 Å². The van der Waals surface area contributed by atoms with Gasteiger partial charge in [0, 0.05) is 0 Å². The monoisotopic (exact) mass is 415 g/mol. The zero-order valence-electron chi connectivity index (χ0n) is 15.5. The lowest BCUT2D eigenvalue weighted by molar-refractivity contribution is -0.115. The van der Waals surface area contributed by atoms with E-state index in [-0.39, 0.29) is 5.91 Å². The molecule has 0 spiro atoms. The second kappa shape index (κ2) is 10.3. The number of carbonyl (C=O) groups is 1. The molecule has 1 aliphatic heterocycles. The molecule has 7 heteroatoms. The normalized spacial score (nSPS) is 15.0. The summed E-state index contributed by atoms with van der Waals surface area (Å²) in [5.74, 6) is 1.41. The highest BCUT2D eigenvalue weighted by Crippen LogP contribution is 2.26. The highest BCUT2D eigenvalue weighted by Gasteiger charge is 2.21. The molecule has 0 atom stereocenters. The number of rotatable bonds is 9. The molecule has 0 radical (unpaired) electrons. The lowest BCUT2D eigenvalue weighted by Gasteiger charge is -2.09. The van der Waals surface area contributed by atoms with Crippen LogP contribution in [0, 0.1) is 6.92 Å². The van der Waals surface area contributed by atoms with Crippen molar-refractivity contribution in [2.24, 2.45) is 0 Å². The number of aryl methyl sites for hydroxylation is 1. The van der Waals surface area contributed by atoms with Crippen LogP contribution in [0.2, 0.25) is 0 Å². The second-order valence-electron chi connectivity index (χ2n) is 6.05. The number of nitrogens with one attached hydrogen (secondary N) is 1. The first-order valence-electron chi connectivity index (χ1n) is 8.85. The Balaban J connectivity index is 1.36. The van der Waals surface area contributed by atoms with Crippen LogP contribution in [-0.2, 0) is 9.53 Å². The van der Waals surface area contributed by atoms with E-state index in [0.29, 0.717) is 35.7 Å².